The highest BCUT2D eigenvalue weighted by Gasteiger charge is 2.14. The van der Waals surface area contributed by atoms with E-state index in [0.29, 0.717) is 10.6 Å². The molecule has 0 radical (unpaired) electrons. The molecule has 1 heterocycles. The van der Waals surface area contributed by atoms with Crippen LogP contribution in [0.25, 0.3) is 5.69 Å². The molecule has 0 spiro atoms. The highest BCUT2D eigenvalue weighted by molar-refractivity contribution is 6.31. The standard InChI is InChI=1S/C13H15ClN4/c1-7-8(2)17-18(9(7)3)12-5-4-10(14)6-11(12)13(15)16/h4-6H,1-3H3,(H3,15,16). The van der Waals surface area contributed by atoms with Gasteiger partial charge in [0.25, 0.3) is 0 Å². The van der Waals surface area contributed by atoms with Crippen molar-refractivity contribution < 1.29 is 0 Å². The molecule has 3 N–H and O–H groups in total. The van der Waals surface area contributed by atoms with Gasteiger partial charge in [-0.05, 0) is 44.5 Å². The van der Waals surface area contributed by atoms with Gasteiger partial charge in [0.05, 0.1) is 11.4 Å². The van der Waals surface area contributed by atoms with Crippen LogP contribution in [0.1, 0.15) is 22.5 Å². The van der Waals surface area contributed by atoms with Gasteiger partial charge in [-0.1, -0.05) is 11.6 Å². The summed E-state index contributed by atoms with van der Waals surface area (Å²) in [7, 11) is 0. The number of benzene rings is 1. The van der Waals surface area contributed by atoms with Gasteiger partial charge in [-0.25, -0.2) is 4.68 Å². The normalized spacial score (nSPS) is 10.7. The number of hydrogen-bond donors (Lipinski definition) is 2. The molecule has 0 bridgehead atoms. The fourth-order valence-corrected chi connectivity index (χ4v) is 2.04. The van der Waals surface area contributed by atoms with Crippen LogP contribution >= 0.6 is 11.6 Å². The van der Waals surface area contributed by atoms with Gasteiger partial charge in [0, 0.05) is 16.3 Å². The van der Waals surface area contributed by atoms with E-state index in [9.17, 15) is 0 Å². The lowest BCUT2D eigenvalue weighted by Crippen LogP contribution is -2.15. The maximum atomic E-state index is 7.63. The molecule has 2 rings (SSSR count). The van der Waals surface area contributed by atoms with E-state index < -0.39 is 0 Å². The van der Waals surface area contributed by atoms with Crippen molar-refractivity contribution >= 4 is 17.4 Å². The van der Waals surface area contributed by atoms with Gasteiger partial charge in [0.15, 0.2) is 0 Å². The van der Waals surface area contributed by atoms with E-state index in [0.717, 1.165) is 22.6 Å². The third-order valence-electron chi connectivity index (χ3n) is 3.13. The summed E-state index contributed by atoms with van der Waals surface area (Å²) in [6.07, 6.45) is 0. The van der Waals surface area contributed by atoms with Gasteiger partial charge in [0.1, 0.15) is 5.84 Å². The summed E-state index contributed by atoms with van der Waals surface area (Å²) < 4.78 is 1.80. The number of amidine groups is 1. The van der Waals surface area contributed by atoms with Crippen LogP contribution in [0, 0.1) is 26.2 Å². The van der Waals surface area contributed by atoms with Gasteiger partial charge in [-0.3, -0.25) is 5.41 Å². The Kier molecular flexibility index (Phi) is 3.13. The number of nitrogens with one attached hydrogen (secondary N) is 1. The molecule has 0 amide bonds. The van der Waals surface area contributed by atoms with Gasteiger partial charge in [-0.2, -0.15) is 5.10 Å². The Hall–Kier alpha value is -1.81. The monoisotopic (exact) mass is 262 g/mol. The zero-order valence-corrected chi connectivity index (χ0v) is 11.3. The van der Waals surface area contributed by atoms with Gasteiger partial charge in [-0.15, -0.1) is 0 Å². The van der Waals surface area contributed by atoms with Crippen LogP contribution in [0.2, 0.25) is 5.02 Å². The molecule has 0 aliphatic rings. The van der Waals surface area contributed by atoms with E-state index in [-0.39, 0.29) is 5.84 Å². The second kappa shape index (κ2) is 4.46. The summed E-state index contributed by atoms with van der Waals surface area (Å²) >= 11 is 5.94. The van der Waals surface area contributed by atoms with Crippen LogP contribution in [0.3, 0.4) is 0 Å². The minimum absolute atomic E-state index is 0.0160. The van der Waals surface area contributed by atoms with Crippen molar-refractivity contribution in [2.45, 2.75) is 20.8 Å². The Labute approximate surface area is 111 Å². The molecule has 0 unspecified atom stereocenters. The van der Waals surface area contributed by atoms with Crippen molar-refractivity contribution in [2.24, 2.45) is 5.73 Å². The van der Waals surface area contributed by atoms with Crippen LogP contribution < -0.4 is 5.73 Å². The summed E-state index contributed by atoms with van der Waals surface area (Å²) in [5.41, 5.74) is 10.1. The summed E-state index contributed by atoms with van der Waals surface area (Å²) in [6, 6.07) is 5.29. The minimum Gasteiger partial charge on any atom is -0.384 e. The largest absolute Gasteiger partial charge is 0.384 e. The number of nitrogen functional groups attached to an aromatic ring is 1. The average Bonchev–Trinajstić information content (AvgIpc) is 2.57. The topological polar surface area (TPSA) is 67.7 Å². The van der Waals surface area contributed by atoms with Crippen molar-refractivity contribution in [3.8, 4) is 5.69 Å². The highest BCUT2D eigenvalue weighted by atomic mass is 35.5. The Morgan fingerprint density at radius 1 is 1.33 bits per heavy atom. The number of rotatable bonds is 2. The van der Waals surface area contributed by atoms with Gasteiger partial charge in [0.2, 0.25) is 0 Å². The lowest BCUT2D eigenvalue weighted by atomic mass is 10.1. The first-order valence-corrected chi connectivity index (χ1v) is 5.96. The maximum Gasteiger partial charge on any atom is 0.125 e. The van der Waals surface area contributed by atoms with Crippen LogP contribution in [-0.2, 0) is 0 Å². The molecule has 94 valence electrons. The first kappa shape index (κ1) is 12.6. The smallest absolute Gasteiger partial charge is 0.125 e. The summed E-state index contributed by atoms with van der Waals surface area (Å²) in [5, 5.41) is 12.7. The third kappa shape index (κ3) is 1.99. The van der Waals surface area contributed by atoms with E-state index in [1.54, 1.807) is 16.8 Å². The van der Waals surface area contributed by atoms with Crippen molar-refractivity contribution in [3.05, 3.63) is 45.7 Å². The molecule has 1 aromatic heterocycles. The van der Waals surface area contributed by atoms with E-state index in [1.807, 2.05) is 26.8 Å². The molecular formula is C13H15ClN4. The van der Waals surface area contributed by atoms with Gasteiger partial charge >= 0.3 is 0 Å². The third-order valence-corrected chi connectivity index (χ3v) is 3.37. The molecular weight excluding hydrogens is 248 g/mol. The molecule has 0 aliphatic carbocycles. The summed E-state index contributed by atoms with van der Waals surface area (Å²) in [6.45, 7) is 5.98. The lowest BCUT2D eigenvalue weighted by molar-refractivity contribution is 0.831. The van der Waals surface area contributed by atoms with E-state index in [1.165, 1.54) is 0 Å². The summed E-state index contributed by atoms with van der Waals surface area (Å²) in [4.78, 5) is 0. The Bertz CT molecular complexity index is 628. The highest BCUT2D eigenvalue weighted by Crippen LogP contribution is 2.22. The SMILES string of the molecule is Cc1nn(-c2ccc(Cl)cc2C(=N)N)c(C)c1C. The predicted octanol–water partition coefficient (Wildman–Crippen LogP) is 2.74. The zero-order chi connectivity index (χ0) is 13.4. The number of nitrogens with zero attached hydrogens (tertiary/aromatic N) is 2. The summed E-state index contributed by atoms with van der Waals surface area (Å²) in [5.74, 6) is -0.0160. The number of halogens is 1. The molecule has 5 heteroatoms. The van der Waals surface area contributed by atoms with E-state index in [4.69, 9.17) is 22.7 Å². The van der Waals surface area contributed by atoms with Crippen molar-refractivity contribution in [1.82, 2.24) is 9.78 Å². The quantitative estimate of drug-likeness (QED) is 0.645. The predicted molar refractivity (Wildman–Crippen MR) is 73.8 cm³/mol. The molecule has 18 heavy (non-hydrogen) atoms. The van der Waals surface area contributed by atoms with E-state index >= 15 is 0 Å². The molecule has 0 aliphatic heterocycles. The molecule has 0 saturated carbocycles. The van der Waals surface area contributed by atoms with Crippen molar-refractivity contribution in [1.29, 1.82) is 5.41 Å². The van der Waals surface area contributed by atoms with Gasteiger partial charge < -0.3 is 5.73 Å². The van der Waals surface area contributed by atoms with Crippen LogP contribution in [-0.4, -0.2) is 15.6 Å². The fraction of sp³-hybridized carbons (Fsp3) is 0.231. The minimum atomic E-state index is -0.0160. The molecule has 0 atom stereocenters. The zero-order valence-electron chi connectivity index (χ0n) is 10.6. The van der Waals surface area contributed by atoms with Crippen LogP contribution in [0.15, 0.2) is 18.2 Å². The van der Waals surface area contributed by atoms with Crippen molar-refractivity contribution in [2.75, 3.05) is 0 Å². The number of aromatic nitrogens is 2. The Balaban J connectivity index is 2.71. The molecule has 1 aromatic carbocycles. The molecule has 0 saturated heterocycles. The first-order chi connectivity index (χ1) is 8.41. The molecule has 4 nitrogen and oxygen atoms in total. The fourth-order valence-electron chi connectivity index (χ4n) is 1.86. The Morgan fingerprint density at radius 3 is 2.50 bits per heavy atom. The maximum absolute atomic E-state index is 7.63. The average molecular weight is 263 g/mol. The molecule has 2 aromatic rings. The number of hydrogen-bond acceptors (Lipinski definition) is 2. The van der Waals surface area contributed by atoms with Crippen LogP contribution in [0.4, 0.5) is 0 Å². The second-order valence-electron chi connectivity index (χ2n) is 4.28. The Morgan fingerprint density at radius 2 is 2.00 bits per heavy atom. The molecule has 0 fully saturated rings. The van der Waals surface area contributed by atoms with E-state index in [2.05, 4.69) is 5.10 Å². The number of nitrogens with two attached hydrogens (primary N) is 1. The number of aryl methyl sites for hydroxylation is 1. The second-order valence-corrected chi connectivity index (χ2v) is 4.72. The van der Waals surface area contributed by atoms with Crippen LogP contribution in [0.5, 0.6) is 0 Å². The first-order valence-electron chi connectivity index (χ1n) is 5.59. The van der Waals surface area contributed by atoms with Crippen molar-refractivity contribution in [3.63, 3.8) is 0 Å². The lowest BCUT2D eigenvalue weighted by Gasteiger charge is -2.10.